The monoisotopic (exact) mass is 412 g/mol. The number of hydrogen-bond donors (Lipinski definition) is 0. The highest BCUT2D eigenvalue weighted by molar-refractivity contribution is 6.10. The quantitative estimate of drug-likeness (QED) is 0.601. The molecule has 0 N–H and O–H groups in total. The summed E-state index contributed by atoms with van der Waals surface area (Å²) in [6, 6.07) is 15.1. The second-order valence-electron chi connectivity index (χ2n) is 8.15. The Hall–Kier alpha value is -3.94. The van der Waals surface area contributed by atoms with Crippen molar-refractivity contribution >= 4 is 29.5 Å². The summed E-state index contributed by atoms with van der Waals surface area (Å²) in [7, 11) is 1.55. The number of anilines is 2. The highest BCUT2D eigenvalue weighted by Gasteiger charge is 2.62. The minimum absolute atomic E-state index is 0.174. The fraction of sp³-hybridized carbons (Fsp3) is 0.217. The molecule has 4 heterocycles. The number of hydrogen-bond acceptors (Lipinski definition) is 6. The third-order valence-electron chi connectivity index (χ3n) is 6.34. The van der Waals surface area contributed by atoms with Crippen LogP contribution in [0, 0.1) is 12.8 Å². The van der Waals surface area contributed by atoms with Crippen molar-refractivity contribution < 1.29 is 9.59 Å². The first-order valence-corrected chi connectivity index (χ1v) is 10.2. The predicted molar refractivity (Wildman–Crippen MR) is 115 cm³/mol. The van der Waals surface area contributed by atoms with E-state index in [0.29, 0.717) is 5.95 Å². The molecule has 0 unspecified atom stereocenters. The van der Waals surface area contributed by atoms with Crippen LogP contribution in [0.2, 0.25) is 0 Å². The van der Waals surface area contributed by atoms with Crippen LogP contribution < -0.4 is 10.0 Å². The number of aromatic nitrogens is 3. The summed E-state index contributed by atoms with van der Waals surface area (Å²) >= 11 is 0. The van der Waals surface area contributed by atoms with Crippen molar-refractivity contribution in [1.29, 1.82) is 0 Å². The average molecular weight is 412 g/mol. The Morgan fingerprint density at radius 3 is 2.58 bits per heavy atom. The molecule has 0 saturated carbocycles. The summed E-state index contributed by atoms with van der Waals surface area (Å²) in [4.78, 5) is 27.5. The van der Waals surface area contributed by atoms with E-state index in [1.807, 2.05) is 76.1 Å². The number of hydrazine groups is 1. The summed E-state index contributed by atoms with van der Waals surface area (Å²) in [5.74, 6) is -0.388. The number of amides is 2. The van der Waals surface area contributed by atoms with E-state index in [4.69, 9.17) is 0 Å². The van der Waals surface area contributed by atoms with E-state index in [0.717, 1.165) is 22.5 Å². The van der Waals surface area contributed by atoms with Crippen LogP contribution in [0.4, 0.5) is 11.6 Å². The molecule has 0 spiro atoms. The zero-order valence-corrected chi connectivity index (χ0v) is 17.1. The number of likely N-dealkylation sites (tertiary alicyclic amines) is 1. The molecule has 31 heavy (non-hydrogen) atoms. The Bertz CT molecular complexity index is 1250. The van der Waals surface area contributed by atoms with Gasteiger partial charge in [-0.2, -0.15) is 0 Å². The van der Waals surface area contributed by atoms with Gasteiger partial charge in [-0.25, -0.2) is 5.01 Å². The number of carbonyl (C=O) groups is 2. The van der Waals surface area contributed by atoms with Crippen molar-refractivity contribution in [2.45, 2.75) is 19.0 Å². The molecule has 3 atom stereocenters. The Morgan fingerprint density at radius 2 is 1.77 bits per heavy atom. The molecule has 2 aromatic carbocycles. The van der Waals surface area contributed by atoms with Gasteiger partial charge in [0, 0.05) is 7.05 Å². The van der Waals surface area contributed by atoms with Crippen LogP contribution in [-0.4, -0.2) is 50.6 Å². The normalized spacial score (nSPS) is 23.9. The second kappa shape index (κ2) is 6.28. The molecule has 1 aromatic heterocycles. The summed E-state index contributed by atoms with van der Waals surface area (Å²) in [6.45, 7) is 2.03. The number of benzene rings is 2. The second-order valence-corrected chi connectivity index (χ2v) is 8.15. The zero-order valence-electron chi connectivity index (χ0n) is 17.1. The molecule has 3 aromatic rings. The van der Waals surface area contributed by atoms with Crippen LogP contribution in [0.3, 0.4) is 0 Å². The zero-order chi connectivity index (χ0) is 21.3. The molecule has 0 radical (unpaired) electrons. The fourth-order valence-electron chi connectivity index (χ4n) is 4.89. The lowest BCUT2D eigenvalue weighted by Crippen LogP contribution is -2.52. The van der Waals surface area contributed by atoms with Crippen LogP contribution in [-0.2, 0) is 9.59 Å². The van der Waals surface area contributed by atoms with E-state index in [1.165, 1.54) is 4.90 Å². The lowest BCUT2D eigenvalue weighted by Gasteiger charge is -2.40. The third kappa shape index (κ3) is 2.35. The molecule has 0 aliphatic carbocycles. The van der Waals surface area contributed by atoms with Gasteiger partial charge in [0.25, 0.3) is 11.9 Å². The molecular formula is C23H20N6O2. The smallest absolute Gasteiger partial charge is 0.254 e. The topological polar surface area (TPSA) is 74.6 Å². The lowest BCUT2D eigenvalue weighted by molar-refractivity contribution is -0.138. The molecule has 3 aliphatic rings. The minimum atomic E-state index is -0.653. The molecule has 8 nitrogen and oxygen atoms in total. The molecule has 3 aliphatic heterocycles. The van der Waals surface area contributed by atoms with E-state index in [9.17, 15) is 9.59 Å². The van der Waals surface area contributed by atoms with Crippen LogP contribution in [0.1, 0.15) is 11.1 Å². The van der Waals surface area contributed by atoms with Gasteiger partial charge in [-0.3, -0.25) is 24.1 Å². The van der Waals surface area contributed by atoms with Gasteiger partial charge in [-0.1, -0.05) is 48.6 Å². The van der Waals surface area contributed by atoms with Crippen LogP contribution >= 0.6 is 0 Å². The van der Waals surface area contributed by atoms with Gasteiger partial charge in [-0.05, 0) is 30.2 Å². The first-order valence-electron chi connectivity index (χ1n) is 10.2. The molecule has 154 valence electrons. The Kier molecular flexibility index (Phi) is 3.62. The van der Waals surface area contributed by atoms with Gasteiger partial charge >= 0.3 is 0 Å². The van der Waals surface area contributed by atoms with E-state index in [2.05, 4.69) is 16.3 Å². The van der Waals surface area contributed by atoms with Crippen molar-refractivity contribution in [3.8, 4) is 5.69 Å². The predicted octanol–water partition coefficient (Wildman–Crippen LogP) is 2.20. The number of carbonyl (C=O) groups excluding carboxylic acids is 2. The molecule has 2 amide bonds. The maximum Gasteiger partial charge on any atom is 0.254 e. The molecule has 2 fully saturated rings. The first kappa shape index (κ1) is 17.9. The van der Waals surface area contributed by atoms with Crippen molar-refractivity contribution in [1.82, 2.24) is 19.7 Å². The minimum Gasteiger partial charge on any atom is -0.283 e. The van der Waals surface area contributed by atoms with E-state index in [-0.39, 0.29) is 17.9 Å². The van der Waals surface area contributed by atoms with Crippen molar-refractivity contribution in [2.24, 2.45) is 5.92 Å². The van der Waals surface area contributed by atoms with Crippen molar-refractivity contribution in [3.63, 3.8) is 0 Å². The highest BCUT2D eigenvalue weighted by Crippen LogP contribution is 2.48. The van der Waals surface area contributed by atoms with Gasteiger partial charge in [-0.15, -0.1) is 10.2 Å². The molecule has 8 heteroatoms. The highest BCUT2D eigenvalue weighted by atomic mass is 16.2. The average Bonchev–Trinajstić information content (AvgIpc) is 3.44. The number of imide groups is 1. The van der Waals surface area contributed by atoms with Gasteiger partial charge < -0.3 is 0 Å². The van der Waals surface area contributed by atoms with Gasteiger partial charge in [0.1, 0.15) is 12.4 Å². The first-order chi connectivity index (χ1) is 15.1. The molecule has 2 saturated heterocycles. The Morgan fingerprint density at radius 1 is 0.968 bits per heavy atom. The van der Waals surface area contributed by atoms with Gasteiger partial charge in [0.2, 0.25) is 5.91 Å². The van der Waals surface area contributed by atoms with Crippen LogP contribution in [0.25, 0.3) is 11.8 Å². The third-order valence-corrected chi connectivity index (χ3v) is 6.34. The SMILES string of the molecule is Cc1ccc2c(c1)N1[C@@H](/C=C/c3ccccc3)[C@@H]3C(=O)N(C)C(=O)[C@@H]3N1c1nncn1-2. The van der Waals surface area contributed by atoms with Crippen molar-refractivity contribution in [3.05, 3.63) is 72.1 Å². The standard InChI is InChI=1S/C23H20N6O2/c1-14-8-10-16-18(12-14)28-17(11-9-15-6-4-3-5-7-15)19-20(22(31)26(2)21(19)30)29(28)23-25-24-13-27(16)23/h3-13,17,19-20H,1-2H3/b11-9+/t17-,19-,20+/m0/s1. The van der Waals surface area contributed by atoms with Crippen LogP contribution in [0.15, 0.2) is 60.9 Å². The van der Waals surface area contributed by atoms with Crippen molar-refractivity contribution in [2.75, 3.05) is 17.1 Å². The van der Waals surface area contributed by atoms with E-state index >= 15 is 0 Å². The van der Waals surface area contributed by atoms with Gasteiger partial charge in [0.05, 0.1) is 23.3 Å². The van der Waals surface area contributed by atoms with E-state index in [1.54, 1.807) is 13.4 Å². The van der Waals surface area contributed by atoms with Gasteiger partial charge in [0.15, 0.2) is 0 Å². The number of rotatable bonds is 2. The lowest BCUT2D eigenvalue weighted by atomic mass is 9.94. The summed E-state index contributed by atoms with van der Waals surface area (Å²) in [5, 5.41) is 12.3. The Balaban J connectivity index is 1.56. The number of fused-ring (bicyclic) bond motifs is 8. The summed E-state index contributed by atoms with van der Waals surface area (Å²) in [6.07, 6.45) is 5.68. The largest absolute Gasteiger partial charge is 0.283 e. The number of likely N-dealkylation sites (N-methyl/N-ethyl adjacent to an activating group) is 1. The maximum absolute atomic E-state index is 13.2. The molecular weight excluding hydrogens is 392 g/mol. The molecule has 6 rings (SSSR count). The number of nitrogens with zero attached hydrogens (tertiary/aromatic N) is 6. The maximum atomic E-state index is 13.2. The van der Waals surface area contributed by atoms with Crippen LogP contribution in [0.5, 0.6) is 0 Å². The van der Waals surface area contributed by atoms with E-state index < -0.39 is 12.0 Å². The number of aryl methyl sites for hydroxylation is 1. The summed E-state index contributed by atoms with van der Waals surface area (Å²) < 4.78 is 1.88. The summed E-state index contributed by atoms with van der Waals surface area (Å²) in [5.41, 5.74) is 3.97. The molecule has 0 bridgehead atoms. The fourth-order valence-corrected chi connectivity index (χ4v) is 4.89. The Labute approximate surface area is 179 Å².